The van der Waals surface area contributed by atoms with E-state index in [2.05, 4.69) is 34.6 Å². The molecule has 2 saturated heterocycles. The third-order valence-corrected chi connectivity index (χ3v) is 8.69. The second kappa shape index (κ2) is 7.90. The average Bonchev–Trinajstić information content (AvgIpc) is 2.94. The maximum atomic E-state index is 14.1. The number of aliphatic hydroxyl groups excluding tert-OH is 1. The van der Waals surface area contributed by atoms with E-state index in [0.29, 0.717) is 6.54 Å². The molecule has 0 saturated carbocycles. The Morgan fingerprint density at radius 1 is 1.16 bits per heavy atom. The number of nitrogens with zero attached hydrogens (tertiary/aromatic N) is 2. The van der Waals surface area contributed by atoms with E-state index in [-0.39, 0.29) is 48.2 Å². The van der Waals surface area contributed by atoms with Crippen molar-refractivity contribution in [3.05, 3.63) is 24.3 Å². The van der Waals surface area contributed by atoms with Crippen LogP contribution in [0.4, 0.5) is 0 Å². The summed E-state index contributed by atoms with van der Waals surface area (Å²) in [5.74, 6) is -2.07. The lowest BCUT2D eigenvalue weighted by atomic mass is 9.78. The van der Waals surface area contributed by atoms with Crippen molar-refractivity contribution in [1.82, 2.24) is 9.80 Å². The first kappa shape index (κ1) is 23.4. The molecule has 32 heavy (non-hydrogen) atoms. The summed E-state index contributed by atoms with van der Waals surface area (Å²) in [5, 5.41) is 9.50. The highest BCUT2D eigenvalue weighted by Crippen LogP contribution is 2.61. The van der Waals surface area contributed by atoms with E-state index in [1.165, 1.54) is 16.7 Å². The van der Waals surface area contributed by atoms with Crippen LogP contribution in [0, 0.1) is 17.3 Å². The van der Waals surface area contributed by atoms with Crippen molar-refractivity contribution in [2.45, 2.75) is 62.6 Å². The van der Waals surface area contributed by atoms with Gasteiger partial charge in [0, 0.05) is 23.9 Å². The molecular formula is C24H34N2O5S. The van der Waals surface area contributed by atoms with Crippen molar-refractivity contribution >= 4 is 29.5 Å². The van der Waals surface area contributed by atoms with Gasteiger partial charge in [0.2, 0.25) is 11.8 Å². The molecule has 1 N–H and O–H groups in total. The fourth-order valence-corrected chi connectivity index (χ4v) is 8.26. The van der Waals surface area contributed by atoms with Crippen molar-refractivity contribution in [2.75, 3.05) is 26.3 Å². The number of rotatable bonds is 4. The molecule has 2 fully saturated rings. The number of carbonyl (C=O) groups is 3. The number of thioether (sulfide) groups is 1. The van der Waals surface area contributed by atoms with Gasteiger partial charge in [-0.25, -0.2) is 0 Å². The molecule has 0 aliphatic carbocycles. The van der Waals surface area contributed by atoms with Gasteiger partial charge in [0.25, 0.3) is 0 Å². The number of aliphatic hydroxyl groups is 1. The second-order valence-corrected chi connectivity index (χ2v) is 12.5. The molecule has 4 aliphatic heterocycles. The number of hydrogen-bond acceptors (Lipinski definition) is 6. The Labute approximate surface area is 194 Å². The Morgan fingerprint density at radius 2 is 1.88 bits per heavy atom. The first-order valence-electron chi connectivity index (χ1n) is 11.3. The maximum Gasteiger partial charge on any atom is 0.311 e. The predicted octanol–water partition coefficient (Wildman–Crippen LogP) is 2.00. The van der Waals surface area contributed by atoms with Crippen molar-refractivity contribution in [3.63, 3.8) is 0 Å². The smallest absolute Gasteiger partial charge is 0.311 e. The molecule has 0 aromatic heterocycles. The molecule has 4 aliphatic rings. The minimum atomic E-state index is -0.855. The second-order valence-electron chi connectivity index (χ2n) is 11.1. The molecule has 5 atom stereocenters. The van der Waals surface area contributed by atoms with E-state index in [1.54, 1.807) is 0 Å². The normalized spacial score (nSPS) is 34.8. The number of esters is 1. The molecule has 1 spiro atoms. The Kier molecular flexibility index (Phi) is 5.77. The van der Waals surface area contributed by atoms with Crippen LogP contribution in [-0.2, 0) is 19.1 Å². The summed E-state index contributed by atoms with van der Waals surface area (Å²) in [4.78, 5) is 44.0. The zero-order valence-electron chi connectivity index (χ0n) is 19.5. The largest absolute Gasteiger partial charge is 0.461 e. The van der Waals surface area contributed by atoms with Gasteiger partial charge in [-0.15, -0.1) is 11.8 Å². The van der Waals surface area contributed by atoms with E-state index >= 15 is 0 Å². The number of fused-ring (bicyclic) bond motifs is 2. The zero-order valence-corrected chi connectivity index (χ0v) is 20.4. The van der Waals surface area contributed by atoms with E-state index in [9.17, 15) is 19.5 Å². The number of likely N-dealkylation sites (tertiary alicyclic amines) is 1. The Bertz CT molecular complexity index is 876. The number of hydrogen-bond donors (Lipinski definition) is 1. The lowest BCUT2D eigenvalue weighted by molar-refractivity contribution is -0.151. The molecule has 0 radical (unpaired) electrons. The van der Waals surface area contributed by atoms with Crippen LogP contribution in [0.5, 0.6) is 0 Å². The van der Waals surface area contributed by atoms with E-state index in [4.69, 9.17) is 4.74 Å². The van der Waals surface area contributed by atoms with Gasteiger partial charge >= 0.3 is 5.97 Å². The van der Waals surface area contributed by atoms with Gasteiger partial charge in [0.05, 0.1) is 23.2 Å². The van der Waals surface area contributed by atoms with Gasteiger partial charge < -0.3 is 19.6 Å². The minimum Gasteiger partial charge on any atom is -0.461 e. The van der Waals surface area contributed by atoms with Crippen molar-refractivity contribution in [2.24, 2.45) is 17.3 Å². The number of cyclic esters (lactones) is 1. The summed E-state index contributed by atoms with van der Waals surface area (Å²) in [6, 6.07) is -0.761. The van der Waals surface area contributed by atoms with Crippen LogP contribution < -0.4 is 0 Å². The molecule has 0 aromatic rings. The minimum absolute atomic E-state index is 0.0140. The number of carbonyl (C=O) groups excluding carboxylic acids is 3. The van der Waals surface area contributed by atoms with Crippen LogP contribution in [0.2, 0.25) is 0 Å². The van der Waals surface area contributed by atoms with Gasteiger partial charge in [-0.3, -0.25) is 14.4 Å². The summed E-state index contributed by atoms with van der Waals surface area (Å²) in [7, 11) is 0. The molecule has 8 heteroatoms. The molecule has 2 amide bonds. The van der Waals surface area contributed by atoms with Crippen LogP contribution in [0.25, 0.3) is 0 Å². The molecule has 4 rings (SSSR count). The summed E-state index contributed by atoms with van der Waals surface area (Å²) in [6.45, 7) is 11.1. The molecule has 0 bridgehead atoms. The zero-order chi connectivity index (χ0) is 23.5. The fraction of sp³-hybridized carbons (Fsp3) is 0.708. The van der Waals surface area contributed by atoms with Crippen molar-refractivity contribution < 1.29 is 24.2 Å². The molecule has 176 valence electrons. The van der Waals surface area contributed by atoms with E-state index < -0.39 is 28.2 Å². The lowest BCUT2D eigenvalue weighted by Crippen LogP contribution is -2.59. The van der Waals surface area contributed by atoms with E-state index in [0.717, 1.165) is 6.42 Å². The Morgan fingerprint density at radius 3 is 2.53 bits per heavy atom. The molecular weight excluding hydrogens is 428 g/mol. The maximum absolute atomic E-state index is 14.1. The van der Waals surface area contributed by atoms with Crippen LogP contribution in [0.1, 0.15) is 41.0 Å². The number of ether oxygens (including phenoxy) is 1. The van der Waals surface area contributed by atoms with Crippen LogP contribution in [0.3, 0.4) is 0 Å². The average molecular weight is 463 g/mol. The van der Waals surface area contributed by atoms with Gasteiger partial charge in [-0.2, -0.15) is 0 Å². The topological polar surface area (TPSA) is 87.2 Å². The molecule has 0 aromatic carbocycles. The molecule has 1 unspecified atom stereocenters. The lowest BCUT2D eigenvalue weighted by Gasteiger charge is -2.44. The highest BCUT2D eigenvalue weighted by atomic mass is 32.2. The standard InChI is InChI=1S/C24H34N2O5S/c1-22(2,3)14-23(4,5)26-10-7-9-24-17(16-15(32-24)8-6-13-31-21(16)30)19(28)25(11-12-27)18(24)20(26)29/h6-9,15-18,27H,10-14H2,1-5H3/t15-,16+,17-,18?,24-/m0/s1. The van der Waals surface area contributed by atoms with Crippen molar-refractivity contribution in [1.29, 1.82) is 0 Å². The highest BCUT2D eigenvalue weighted by molar-refractivity contribution is 8.02. The quantitative estimate of drug-likeness (QED) is 0.508. The Hall–Kier alpha value is -1.80. The van der Waals surface area contributed by atoms with E-state index in [1.807, 2.05) is 29.2 Å². The third kappa shape index (κ3) is 3.59. The Balaban J connectivity index is 1.79. The van der Waals surface area contributed by atoms with Gasteiger partial charge in [-0.1, -0.05) is 45.1 Å². The van der Waals surface area contributed by atoms with Crippen LogP contribution in [0.15, 0.2) is 24.3 Å². The first-order valence-corrected chi connectivity index (χ1v) is 12.2. The third-order valence-electron chi connectivity index (χ3n) is 6.95. The summed E-state index contributed by atoms with van der Waals surface area (Å²) in [6.07, 6.45) is 8.53. The summed E-state index contributed by atoms with van der Waals surface area (Å²) < 4.78 is 4.50. The van der Waals surface area contributed by atoms with Crippen molar-refractivity contribution in [3.8, 4) is 0 Å². The fourth-order valence-electron chi connectivity index (χ4n) is 6.25. The predicted molar refractivity (Wildman–Crippen MR) is 123 cm³/mol. The number of amides is 2. The van der Waals surface area contributed by atoms with Gasteiger partial charge in [0.15, 0.2) is 0 Å². The number of β-amino-alcohol motifs (C(OH)–C–C–N with tert-alkyl or cyclic N) is 1. The molecule has 4 heterocycles. The van der Waals surface area contributed by atoms with Gasteiger partial charge in [0.1, 0.15) is 12.6 Å². The monoisotopic (exact) mass is 462 g/mol. The van der Waals surface area contributed by atoms with Crippen LogP contribution in [-0.4, -0.2) is 80.6 Å². The first-order chi connectivity index (χ1) is 14.9. The molecule has 7 nitrogen and oxygen atoms in total. The summed E-state index contributed by atoms with van der Waals surface area (Å²) in [5.41, 5.74) is -0.413. The highest BCUT2D eigenvalue weighted by Gasteiger charge is 2.71. The SMILES string of the molecule is CC(C)(C)CC(C)(C)N1CC=C[C@]23S[C@H]4C=CCOC(=O)[C@H]4[C@H]2C(=O)N(CCO)C3C1=O. The van der Waals surface area contributed by atoms with Crippen LogP contribution >= 0.6 is 11.8 Å². The summed E-state index contributed by atoms with van der Waals surface area (Å²) >= 11 is 1.52. The van der Waals surface area contributed by atoms with Gasteiger partial charge in [-0.05, 0) is 25.7 Å².